The molecule has 1 aromatic rings. The van der Waals surface area contributed by atoms with E-state index in [1.807, 2.05) is 0 Å². The highest BCUT2D eigenvalue weighted by Crippen LogP contribution is 2.35. The lowest BCUT2D eigenvalue weighted by Crippen LogP contribution is -2.55. The summed E-state index contributed by atoms with van der Waals surface area (Å²) >= 11 is 3.50. The summed E-state index contributed by atoms with van der Waals surface area (Å²) in [6, 6.07) is 8.49. The molecule has 2 rings (SSSR count). The summed E-state index contributed by atoms with van der Waals surface area (Å²) in [4.78, 5) is 0. The molecule has 0 aliphatic carbocycles. The molecule has 1 unspecified atom stereocenters. The van der Waals surface area contributed by atoms with E-state index >= 15 is 0 Å². The van der Waals surface area contributed by atoms with Crippen molar-refractivity contribution in [3.8, 4) is 0 Å². The predicted molar refractivity (Wildman–Crippen MR) is 62.1 cm³/mol. The summed E-state index contributed by atoms with van der Waals surface area (Å²) in [6.07, 6.45) is 2.21. The number of nitrogens with two attached hydrogens (primary N) is 1. The molecule has 3 heteroatoms. The first-order valence-corrected chi connectivity index (χ1v) is 5.77. The van der Waals surface area contributed by atoms with E-state index in [1.165, 1.54) is 12.0 Å². The van der Waals surface area contributed by atoms with E-state index in [9.17, 15) is 0 Å². The smallest absolute Gasteiger partial charge is 0.0459 e. The van der Waals surface area contributed by atoms with Crippen molar-refractivity contribution in [2.45, 2.75) is 18.4 Å². The first-order chi connectivity index (χ1) is 6.77. The van der Waals surface area contributed by atoms with Gasteiger partial charge in [-0.15, -0.1) is 0 Å². The third kappa shape index (κ3) is 1.72. The molecule has 1 aromatic carbocycles. The van der Waals surface area contributed by atoms with Crippen molar-refractivity contribution >= 4 is 15.9 Å². The third-order valence-electron chi connectivity index (χ3n) is 2.96. The first-order valence-electron chi connectivity index (χ1n) is 4.98. The van der Waals surface area contributed by atoms with Crippen LogP contribution in [0.15, 0.2) is 28.7 Å². The molecule has 1 aliphatic heterocycles. The summed E-state index contributed by atoms with van der Waals surface area (Å²) in [6.45, 7) is 1.84. The van der Waals surface area contributed by atoms with Crippen molar-refractivity contribution in [3.05, 3.63) is 34.3 Å². The van der Waals surface area contributed by atoms with Gasteiger partial charge in [-0.05, 0) is 43.6 Å². The summed E-state index contributed by atoms with van der Waals surface area (Å²) in [7, 11) is 0. The van der Waals surface area contributed by atoms with Gasteiger partial charge in [-0.2, -0.15) is 0 Å². The molecule has 1 saturated heterocycles. The summed E-state index contributed by atoms with van der Waals surface area (Å²) in [5.41, 5.74) is 7.15. The quantitative estimate of drug-likeness (QED) is 0.866. The van der Waals surface area contributed by atoms with Crippen LogP contribution in [0.1, 0.15) is 18.4 Å². The highest BCUT2D eigenvalue weighted by Gasteiger charge is 2.37. The Bertz CT molecular complexity index is 321. The molecule has 3 N–H and O–H groups in total. The van der Waals surface area contributed by atoms with Crippen LogP contribution in [-0.4, -0.2) is 13.1 Å². The molecule has 76 valence electrons. The van der Waals surface area contributed by atoms with Crippen LogP contribution in [0.4, 0.5) is 0 Å². The van der Waals surface area contributed by atoms with Crippen LogP contribution < -0.4 is 11.1 Å². The van der Waals surface area contributed by atoms with Crippen molar-refractivity contribution in [2.75, 3.05) is 13.1 Å². The average molecular weight is 255 g/mol. The Labute approximate surface area is 93.0 Å². The number of halogens is 1. The van der Waals surface area contributed by atoms with E-state index in [4.69, 9.17) is 5.73 Å². The summed E-state index contributed by atoms with van der Waals surface area (Å²) in [5.74, 6) is 0. The largest absolute Gasteiger partial charge is 0.330 e. The summed E-state index contributed by atoms with van der Waals surface area (Å²) < 4.78 is 1.14. The van der Waals surface area contributed by atoms with Crippen LogP contribution in [0.25, 0.3) is 0 Å². The maximum absolute atomic E-state index is 5.65. The van der Waals surface area contributed by atoms with Gasteiger partial charge in [0.05, 0.1) is 0 Å². The number of hydrogen-bond acceptors (Lipinski definition) is 2. The van der Waals surface area contributed by atoms with Crippen LogP contribution in [-0.2, 0) is 5.54 Å². The first kappa shape index (κ1) is 10.1. The second-order valence-corrected chi connectivity index (χ2v) is 4.72. The minimum Gasteiger partial charge on any atom is -0.330 e. The van der Waals surface area contributed by atoms with Crippen LogP contribution >= 0.6 is 15.9 Å². The van der Waals surface area contributed by atoms with E-state index < -0.39 is 0 Å². The Morgan fingerprint density at radius 1 is 1.50 bits per heavy atom. The molecule has 0 amide bonds. The second-order valence-electron chi connectivity index (χ2n) is 3.81. The van der Waals surface area contributed by atoms with E-state index in [2.05, 4.69) is 45.5 Å². The molecule has 2 nitrogen and oxygen atoms in total. The molecule has 0 spiro atoms. The van der Waals surface area contributed by atoms with Gasteiger partial charge in [0.1, 0.15) is 0 Å². The van der Waals surface area contributed by atoms with Crippen molar-refractivity contribution in [3.63, 3.8) is 0 Å². The van der Waals surface area contributed by atoms with Gasteiger partial charge in [0.2, 0.25) is 0 Å². The molecule has 0 saturated carbocycles. The molecule has 1 aliphatic rings. The van der Waals surface area contributed by atoms with Crippen molar-refractivity contribution < 1.29 is 0 Å². The number of hydrogen-bond donors (Lipinski definition) is 2. The Balaban J connectivity index is 2.27. The Kier molecular flexibility index (Phi) is 2.91. The van der Waals surface area contributed by atoms with Crippen molar-refractivity contribution in [2.24, 2.45) is 5.73 Å². The maximum atomic E-state index is 5.65. The topological polar surface area (TPSA) is 38.0 Å². The van der Waals surface area contributed by atoms with Crippen molar-refractivity contribution in [1.29, 1.82) is 0 Å². The van der Waals surface area contributed by atoms with Gasteiger partial charge < -0.3 is 11.1 Å². The highest BCUT2D eigenvalue weighted by molar-refractivity contribution is 9.10. The van der Waals surface area contributed by atoms with Gasteiger partial charge >= 0.3 is 0 Å². The van der Waals surface area contributed by atoms with Crippen LogP contribution in [0.2, 0.25) is 0 Å². The Morgan fingerprint density at radius 3 is 2.79 bits per heavy atom. The van der Waals surface area contributed by atoms with E-state index in [0.29, 0.717) is 0 Å². The van der Waals surface area contributed by atoms with Crippen LogP contribution in [0.5, 0.6) is 0 Å². The molecule has 1 fully saturated rings. The molecule has 14 heavy (non-hydrogen) atoms. The minimum absolute atomic E-state index is 0.151. The van der Waals surface area contributed by atoms with Gasteiger partial charge in [0.25, 0.3) is 0 Å². The number of benzene rings is 1. The molecule has 0 bridgehead atoms. The number of nitrogens with one attached hydrogen (secondary N) is 1. The molecule has 0 aromatic heterocycles. The van der Waals surface area contributed by atoms with E-state index in [0.717, 1.165) is 24.0 Å². The molecule has 1 heterocycles. The predicted octanol–water partition coefficient (Wildman–Crippen LogP) is 1.99. The van der Waals surface area contributed by atoms with Gasteiger partial charge in [0.15, 0.2) is 0 Å². The fourth-order valence-corrected chi connectivity index (χ4v) is 2.46. The fraction of sp³-hybridized carbons (Fsp3) is 0.455. The van der Waals surface area contributed by atoms with Gasteiger partial charge in [-0.1, -0.05) is 28.1 Å². The summed E-state index contributed by atoms with van der Waals surface area (Å²) in [5, 5.41) is 3.50. The molecule has 1 atom stereocenters. The SMILES string of the molecule is NCCC1(c2cccc(Br)c2)CCN1. The third-order valence-corrected chi connectivity index (χ3v) is 3.46. The highest BCUT2D eigenvalue weighted by atomic mass is 79.9. The molecular formula is C11H15BrN2. The zero-order chi connectivity index (χ0) is 10.0. The lowest BCUT2D eigenvalue weighted by Gasteiger charge is -2.44. The van der Waals surface area contributed by atoms with Gasteiger partial charge in [-0.25, -0.2) is 0 Å². The van der Waals surface area contributed by atoms with Crippen molar-refractivity contribution in [1.82, 2.24) is 5.32 Å². The lowest BCUT2D eigenvalue weighted by atomic mass is 9.78. The fourth-order valence-electron chi connectivity index (χ4n) is 2.06. The average Bonchev–Trinajstić information content (AvgIpc) is 2.11. The molecule has 0 radical (unpaired) electrons. The van der Waals surface area contributed by atoms with Gasteiger partial charge in [-0.3, -0.25) is 0 Å². The van der Waals surface area contributed by atoms with Crippen LogP contribution in [0.3, 0.4) is 0 Å². The monoisotopic (exact) mass is 254 g/mol. The normalized spacial score (nSPS) is 25.9. The minimum atomic E-state index is 0.151. The molecular weight excluding hydrogens is 240 g/mol. The van der Waals surface area contributed by atoms with Crippen LogP contribution in [0, 0.1) is 0 Å². The second kappa shape index (κ2) is 4.01. The zero-order valence-electron chi connectivity index (χ0n) is 8.09. The number of rotatable bonds is 3. The Morgan fingerprint density at radius 2 is 2.29 bits per heavy atom. The van der Waals surface area contributed by atoms with E-state index in [1.54, 1.807) is 0 Å². The lowest BCUT2D eigenvalue weighted by molar-refractivity contribution is 0.196. The standard InChI is InChI=1S/C11H15BrN2/c12-10-3-1-2-9(8-10)11(4-6-13)5-7-14-11/h1-3,8,14H,4-7,13H2. The Hall–Kier alpha value is -0.380. The zero-order valence-corrected chi connectivity index (χ0v) is 9.68. The maximum Gasteiger partial charge on any atom is 0.0459 e. The van der Waals surface area contributed by atoms with E-state index in [-0.39, 0.29) is 5.54 Å². The van der Waals surface area contributed by atoms with Gasteiger partial charge in [0, 0.05) is 10.0 Å².